The number of hydrogen-bond donors (Lipinski definition) is 2. The van der Waals surface area contributed by atoms with Crippen LogP contribution in [-0.2, 0) is 0 Å². The van der Waals surface area contributed by atoms with Gasteiger partial charge in [-0.05, 0) is 34.2 Å². The molecule has 0 aliphatic rings. The molecule has 2 aromatic heterocycles. The summed E-state index contributed by atoms with van der Waals surface area (Å²) in [5.74, 6) is -0.0449. The number of rotatable bonds is 3. The zero-order chi connectivity index (χ0) is 19.8. The van der Waals surface area contributed by atoms with Gasteiger partial charge in [-0.2, -0.15) is 5.26 Å². The number of nitrogen functional groups attached to an aromatic ring is 2. The third-order valence-corrected chi connectivity index (χ3v) is 6.44. The topological polar surface area (TPSA) is 106 Å². The molecule has 4 N–H and O–H groups in total. The summed E-state index contributed by atoms with van der Waals surface area (Å²) < 4.78 is 0.949. The predicted octanol–water partition coefficient (Wildman–Crippen LogP) is 4.83. The molecule has 4 aromatic rings. The first-order valence-corrected chi connectivity index (χ1v) is 10.2. The molecule has 0 fully saturated rings. The highest BCUT2D eigenvalue weighted by atomic mass is 127. The second-order valence-corrected chi connectivity index (χ2v) is 8.22. The molecule has 7 heteroatoms. The molecule has 0 saturated carbocycles. The van der Waals surface area contributed by atoms with E-state index in [-0.39, 0.29) is 17.2 Å². The third kappa shape index (κ3) is 2.91. The standard InChI is InChI=1S/C21H13IN4OS/c22-14-9-5-4-8-12(14)15-13(10-23)20(25)26-21-16(15)17(24)19(28-21)18(27)11-6-2-1-3-7-11/h1-9H,24H2,(H2,25,26). The Morgan fingerprint density at radius 1 is 1.07 bits per heavy atom. The maximum absolute atomic E-state index is 13.0. The van der Waals surface area contributed by atoms with Crippen LogP contribution in [0.25, 0.3) is 21.3 Å². The van der Waals surface area contributed by atoms with Gasteiger partial charge >= 0.3 is 0 Å². The van der Waals surface area contributed by atoms with Crippen LogP contribution >= 0.6 is 33.9 Å². The number of halogens is 1. The van der Waals surface area contributed by atoms with E-state index >= 15 is 0 Å². The highest BCUT2D eigenvalue weighted by Gasteiger charge is 2.25. The van der Waals surface area contributed by atoms with Crippen LogP contribution in [0.15, 0.2) is 54.6 Å². The van der Waals surface area contributed by atoms with E-state index in [0.29, 0.717) is 31.9 Å². The average Bonchev–Trinajstić information content (AvgIpc) is 3.03. The van der Waals surface area contributed by atoms with Crippen molar-refractivity contribution in [3.63, 3.8) is 0 Å². The van der Waals surface area contributed by atoms with E-state index in [9.17, 15) is 10.1 Å². The number of carbonyl (C=O) groups excluding carboxylic acids is 1. The largest absolute Gasteiger partial charge is 0.397 e. The van der Waals surface area contributed by atoms with Gasteiger partial charge < -0.3 is 11.5 Å². The van der Waals surface area contributed by atoms with E-state index in [2.05, 4.69) is 33.6 Å². The maximum Gasteiger partial charge on any atom is 0.205 e. The number of carbonyl (C=O) groups is 1. The second kappa shape index (κ2) is 7.22. The molecule has 0 atom stereocenters. The summed E-state index contributed by atoms with van der Waals surface area (Å²) in [6, 6.07) is 18.8. The minimum absolute atomic E-state index is 0.129. The van der Waals surface area contributed by atoms with Crippen molar-refractivity contribution >= 4 is 61.4 Å². The molecule has 0 aliphatic carbocycles. The Kier molecular flexibility index (Phi) is 4.75. The Morgan fingerprint density at radius 3 is 2.43 bits per heavy atom. The van der Waals surface area contributed by atoms with E-state index in [0.717, 1.165) is 9.13 Å². The maximum atomic E-state index is 13.0. The molecular formula is C21H13IN4OS. The van der Waals surface area contributed by atoms with Crippen molar-refractivity contribution in [1.82, 2.24) is 4.98 Å². The number of nitriles is 1. The van der Waals surface area contributed by atoms with Crippen LogP contribution in [0, 0.1) is 14.9 Å². The van der Waals surface area contributed by atoms with Crippen molar-refractivity contribution in [2.45, 2.75) is 0 Å². The van der Waals surface area contributed by atoms with E-state index in [1.807, 2.05) is 30.3 Å². The molecule has 136 valence electrons. The number of nitrogens with two attached hydrogens (primary N) is 2. The number of nitrogens with zero attached hydrogens (tertiary/aromatic N) is 2. The lowest BCUT2D eigenvalue weighted by Crippen LogP contribution is -2.03. The smallest absolute Gasteiger partial charge is 0.205 e. The fraction of sp³-hybridized carbons (Fsp3) is 0. The molecule has 0 bridgehead atoms. The van der Waals surface area contributed by atoms with Crippen molar-refractivity contribution < 1.29 is 4.79 Å². The molecule has 28 heavy (non-hydrogen) atoms. The number of pyridine rings is 1. The Labute approximate surface area is 178 Å². The van der Waals surface area contributed by atoms with Gasteiger partial charge in [0, 0.05) is 20.1 Å². The molecule has 5 nitrogen and oxygen atoms in total. The van der Waals surface area contributed by atoms with Crippen molar-refractivity contribution in [3.05, 3.63) is 74.2 Å². The molecule has 0 amide bonds. The van der Waals surface area contributed by atoms with Crippen LogP contribution < -0.4 is 11.5 Å². The van der Waals surface area contributed by atoms with E-state index in [4.69, 9.17) is 11.5 Å². The average molecular weight is 496 g/mol. The minimum atomic E-state index is -0.174. The zero-order valence-corrected chi connectivity index (χ0v) is 17.4. The zero-order valence-electron chi connectivity index (χ0n) is 14.4. The second-order valence-electron chi connectivity index (χ2n) is 6.06. The lowest BCUT2D eigenvalue weighted by Gasteiger charge is -2.11. The molecule has 0 radical (unpaired) electrons. The number of benzene rings is 2. The Hall–Kier alpha value is -2.96. The first-order valence-electron chi connectivity index (χ1n) is 8.29. The van der Waals surface area contributed by atoms with Crippen LogP contribution in [0.1, 0.15) is 20.8 Å². The quantitative estimate of drug-likeness (QED) is 0.312. The summed E-state index contributed by atoms with van der Waals surface area (Å²) in [5.41, 5.74) is 15.1. The molecule has 2 aromatic carbocycles. The summed E-state index contributed by atoms with van der Waals surface area (Å²) in [6.07, 6.45) is 0. The van der Waals surface area contributed by atoms with Gasteiger partial charge in [-0.3, -0.25) is 4.79 Å². The minimum Gasteiger partial charge on any atom is -0.397 e. The van der Waals surface area contributed by atoms with E-state index in [1.54, 1.807) is 24.3 Å². The monoisotopic (exact) mass is 496 g/mol. The first kappa shape index (κ1) is 18.4. The van der Waals surface area contributed by atoms with Crippen molar-refractivity contribution in [2.75, 3.05) is 11.5 Å². The summed E-state index contributed by atoms with van der Waals surface area (Å²) in [7, 11) is 0. The number of anilines is 2. The number of ketones is 1. The van der Waals surface area contributed by atoms with Gasteiger partial charge in [-0.25, -0.2) is 4.98 Å². The van der Waals surface area contributed by atoms with Gasteiger partial charge in [0.25, 0.3) is 0 Å². The summed E-state index contributed by atoms with van der Waals surface area (Å²) in [5, 5.41) is 10.3. The summed E-state index contributed by atoms with van der Waals surface area (Å²) >= 11 is 3.40. The predicted molar refractivity (Wildman–Crippen MR) is 121 cm³/mol. The Bertz CT molecular complexity index is 1280. The molecule has 0 aliphatic heterocycles. The summed E-state index contributed by atoms with van der Waals surface area (Å²) in [6.45, 7) is 0. The number of thiophene rings is 1. The molecular weight excluding hydrogens is 483 g/mol. The summed E-state index contributed by atoms with van der Waals surface area (Å²) in [4.78, 5) is 18.3. The number of hydrogen-bond acceptors (Lipinski definition) is 6. The van der Waals surface area contributed by atoms with Gasteiger partial charge in [0.05, 0.1) is 5.69 Å². The van der Waals surface area contributed by atoms with Crippen LogP contribution in [0.4, 0.5) is 11.5 Å². The van der Waals surface area contributed by atoms with Gasteiger partial charge in [0.1, 0.15) is 27.2 Å². The number of fused-ring (bicyclic) bond motifs is 1. The Balaban J connectivity index is 2.07. The third-order valence-electron chi connectivity index (χ3n) is 4.40. The van der Waals surface area contributed by atoms with Crippen LogP contribution in [-0.4, -0.2) is 10.8 Å². The molecule has 4 rings (SSSR count). The fourth-order valence-corrected chi connectivity index (χ4v) is 4.84. The van der Waals surface area contributed by atoms with Crippen LogP contribution in [0.2, 0.25) is 0 Å². The lowest BCUT2D eigenvalue weighted by atomic mass is 9.96. The highest BCUT2D eigenvalue weighted by Crippen LogP contribution is 2.44. The number of aromatic nitrogens is 1. The van der Waals surface area contributed by atoms with Gasteiger partial charge in [-0.15, -0.1) is 11.3 Å². The van der Waals surface area contributed by atoms with Gasteiger partial charge in [-0.1, -0.05) is 48.5 Å². The van der Waals surface area contributed by atoms with Crippen LogP contribution in [0.5, 0.6) is 0 Å². The molecule has 0 saturated heterocycles. The molecule has 2 heterocycles. The van der Waals surface area contributed by atoms with E-state index in [1.165, 1.54) is 11.3 Å². The lowest BCUT2D eigenvalue weighted by molar-refractivity contribution is 0.104. The van der Waals surface area contributed by atoms with Crippen molar-refractivity contribution in [3.8, 4) is 17.2 Å². The van der Waals surface area contributed by atoms with E-state index < -0.39 is 0 Å². The van der Waals surface area contributed by atoms with Crippen molar-refractivity contribution in [1.29, 1.82) is 5.26 Å². The van der Waals surface area contributed by atoms with Gasteiger partial charge in [0.15, 0.2) is 0 Å². The Morgan fingerprint density at radius 2 is 1.75 bits per heavy atom. The van der Waals surface area contributed by atoms with Crippen molar-refractivity contribution in [2.24, 2.45) is 0 Å². The SMILES string of the molecule is N#Cc1c(N)nc2sc(C(=O)c3ccccc3)c(N)c2c1-c1ccccc1I. The molecule has 0 unspecified atom stereocenters. The van der Waals surface area contributed by atoms with Crippen LogP contribution in [0.3, 0.4) is 0 Å². The fourth-order valence-electron chi connectivity index (χ4n) is 3.11. The first-order chi connectivity index (χ1) is 13.5. The molecule has 0 spiro atoms. The normalized spacial score (nSPS) is 10.7. The highest BCUT2D eigenvalue weighted by molar-refractivity contribution is 14.1. The van der Waals surface area contributed by atoms with Gasteiger partial charge in [0.2, 0.25) is 5.78 Å².